The van der Waals surface area contributed by atoms with Crippen LogP contribution < -0.4 is 5.32 Å². The summed E-state index contributed by atoms with van der Waals surface area (Å²) in [7, 11) is 0. The summed E-state index contributed by atoms with van der Waals surface area (Å²) in [6.45, 7) is 8.55. The lowest BCUT2D eigenvalue weighted by atomic mass is 9.91. The first-order valence-electron chi connectivity index (χ1n) is 8.28. The summed E-state index contributed by atoms with van der Waals surface area (Å²) in [5.74, 6) is 0.827. The fourth-order valence-corrected chi connectivity index (χ4v) is 3.77. The normalized spacial score (nSPS) is 32.3. The zero-order chi connectivity index (χ0) is 12.8. The molecule has 0 radical (unpaired) electrons. The van der Waals surface area contributed by atoms with Gasteiger partial charge in [-0.05, 0) is 44.7 Å². The smallest absolute Gasteiger partial charge is 0.0117 e. The average molecular weight is 252 g/mol. The van der Waals surface area contributed by atoms with E-state index in [2.05, 4.69) is 24.1 Å². The maximum atomic E-state index is 3.73. The van der Waals surface area contributed by atoms with Crippen LogP contribution in [0.3, 0.4) is 0 Å². The standard InChI is InChI=1S/C16H32N2/c1-3-11-17-16-10-12-18(13-14(16)2)15-8-6-4-5-7-9-15/h14-17H,3-13H2,1-2H3. The van der Waals surface area contributed by atoms with Gasteiger partial charge in [-0.2, -0.15) is 0 Å². The van der Waals surface area contributed by atoms with Crippen LogP contribution in [-0.2, 0) is 0 Å². The van der Waals surface area contributed by atoms with Crippen LogP contribution in [0.2, 0.25) is 0 Å². The Morgan fingerprint density at radius 1 is 1.06 bits per heavy atom. The first-order chi connectivity index (χ1) is 8.81. The SMILES string of the molecule is CCCNC1CCN(C2CCCCCC2)CC1C. The van der Waals surface area contributed by atoms with Crippen LogP contribution in [0.25, 0.3) is 0 Å². The van der Waals surface area contributed by atoms with Crippen molar-refractivity contribution >= 4 is 0 Å². The third kappa shape index (κ3) is 3.96. The van der Waals surface area contributed by atoms with Gasteiger partial charge in [-0.25, -0.2) is 0 Å². The molecule has 0 amide bonds. The second kappa shape index (κ2) is 7.49. The average Bonchev–Trinajstić information content (AvgIpc) is 2.66. The highest BCUT2D eigenvalue weighted by molar-refractivity contribution is 4.86. The van der Waals surface area contributed by atoms with Crippen molar-refractivity contribution in [3.05, 3.63) is 0 Å². The summed E-state index contributed by atoms with van der Waals surface area (Å²) in [4.78, 5) is 2.81. The molecule has 0 aromatic carbocycles. The second-order valence-corrected chi connectivity index (χ2v) is 6.47. The molecule has 1 aliphatic heterocycles. The molecule has 2 fully saturated rings. The number of rotatable bonds is 4. The molecule has 2 unspecified atom stereocenters. The molecule has 2 aliphatic rings. The third-order valence-electron chi connectivity index (χ3n) is 4.93. The molecule has 1 saturated carbocycles. The van der Waals surface area contributed by atoms with Crippen LogP contribution in [0.1, 0.15) is 65.2 Å². The minimum atomic E-state index is 0.770. The fourth-order valence-electron chi connectivity index (χ4n) is 3.77. The summed E-state index contributed by atoms with van der Waals surface area (Å²) in [5.41, 5.74) is 0. The number of nitrogens with zero attached hydrogens (tertiary/aromatic N) is 1. The van der Waals surface area contributed by atoms with E-state index in [4.69, 9.17) is 0 Å². The van der Waals surface area contributed by atoms with Crippen molar-refractivity contribution in [1.82, 2.24) is 10.2 Å². The molecule has 0 bridgehead atoms. The lowest BCUT2D eigenvalue weighted by Crippen LogP contribution is -2.51. The van der Waals surface area contributed by atoms with Gasteiger partial charge in [0.15, 0.2) is 0 Å². The largest absolute Gasteiger partial charge is 0.314 e. The van der Waals surface area contributed by atoms with Crippen LogP contribution in [0, 0.1) is 5.92 Å². The maximum Gasteiger partial charge on any atom is 0.0117 e. The Kier molecular flexibility index (Phi) is 5.97. The van der Waals surface area contributed by atoms with Crippen molar-refractivity contribution in [2.75, 3.05) is 19.6 Å². The Morgan fingerprint density at radius 3 is 2.39 bits per heavy atom. The van der Waals surface area contributed by atoms with E-state index in [9.17, 15) is 0 Å². The predicted molar refractivity (Wildman–Crippen MR) is 78.9 cm³/mol. The van der Waals surface area contributed by atoms with Crippen molar-refractivity contribution in [2.45, 2.75) is 77.3 Å². The molecule has 1 saturated heterocycles. The topological polar surface area (TPSA) is 15.3 Å². The zero-order valence-electron chi connectivity index (χ0n) is 12.5. The van der Waals surface area contributed by atoms with Crippen molar-refractivity contribution in [2.24, 2.45) is 5.92 Å². The Bertz CT molecular complexity index is 221. The molecule has 2 heteroatoms. The molecule has 2 nitrogen and oxygen atoms in total. The van der Waals surface area contributed by atoms with Gasteiger partial charge in [0.05, 0.1) is 0 Å². The van der Waals surface area contributed by atoms with Gasteiger partial charge in [-0.15, -0.1) is 0 Å². The van der Waals surface area contributed by atoms with Crippen molar-refractivity contribution in [3.8, 4) is 0 Å². The third-order valence-corrected chi connectivity index (χ3v) is 4.93. The number of hydrogen-bond acceptors (Lipinski definition) is 2. The van der Waals surface area contributed by atoms with E-state index in [1.807, 2.05) is 0 Å². The highest BCUT2D eigenvalue weighted by atomic mass is 15.2. The van der Waals surface area contributed by atoms with E-state index in [-0.39, 0.29) is 0 Å². The lowest BCUT2D eigenvalue weighted by molar-refractivity contribution is 0.0954. The fraction of sp³-hybridized carbons (Fsp3) is 1.00. The van der Waals surface area contributed by atoms with Crippen LogP contribution in [-0.4, -0.2) is 36.6 Å². The molecule has 0 spiro atoms. The molecule has 1 N–H and O–H groups in total. The Labute approximate surface area is 114 Å². The first-order valence-corrected chi connectivity index (χ1v) is 8.28. The lowest BCUT2D eigenvalue weighted by Gasteiger charge is -2.41. The van der Waals surface area contributed by atoms with Gasteiger partial charge in [0, 0.05) is 18.6 Å². The minimum Gasteiger partial charge on any atom is -0.314 e. The Morgan fingerprint density at radius 2 is 1.78 bits per heavy atom. The monoisotopic (exact) mass is 252 g/mol. The van der Waals surface area contributed by atoms with Crippen LogP contribution in [0.5, 0.6) is 0 Å². The molecule has 1 aliphatic carbocycles. The molecular weight excluding hydrogens is 220 g/mol. The quantitative estimate of drug-likeness (QED) is 0.771. The van der Waals surface area contributed by atoms with E-state index in [0.29, 0.717) is 0 Å². The first kappa shape index (κ1) is 14.3. The zero-order valence-corrected chi connectivity index (χ0v) is 12.5. The van der Waals surface area contributed by atoms with Gasteiger partial charge in [-0.1, -0.05) is 39.5 Å². The molecule has 0 aromatic rings. The van der Waals surface area contributed by atoms with E-state index in [1.54, 1.807) is 0 Å². The highest BCUT2D eigenvalue weighted by Crippen LogP contribution is 2.26. The van der Waals surface area contributed by atoms with Gasteiger partial charge in [0.2, 0.25) is 0 Å². The predicted octanol–water partition coefficient (Wildman–Crippen LogP) is 3.42. The summed E-state index contributed by atoms with van der Waals surface area (Å²) >= 11 is 0. The summed E-state index contributed by atoms with van der Waals surface area (Å²) in [5, 5.41) is 3.73. The van der Waals surface area contributed by atoms with Gasteiger partial charge in [0.1, 0.15) is 0 Å². The molecule has 2 atom stereocenters. The highest BCUT2D eigenvalue weighted by Gasteiger charge is 2.29. The van der Waals surface area contributed by atoms with E-state index >= 15 is 0 Å². The second-order valence-electron chi connectivity index (χ2n) is 6.47. The summed E-state index contributed by atoms with van der Waals surface area (Å²) < 4.78 is 0. The van der Waals surface area contributed by atoms with E-state index in [0.717, 1.165) is 18.0 Å². The van der Waals surface area contributed by atoms with Gasteiger partial charge in [-0.3, -0.25) is 0 Å². The minimum absolute atomic E-state index is 0.770. The van der Waals surface area contributed by atoms with Gasteiger partial charge in [0.25, 0.3) is 0 Å². The Hall–Kier alpha value is -0.0800. The number of nitrogens with one attached hydrogen (secondary N) is 1. The maximum absolute atomic E-state index is 3.73. The molecule has 2 rings (SSSR count). The van der Waals surface area contributed by atoms with Crippen molar-refractivity contribution in [1.29, 1.82) is 0 Å². The molecule has 1 heterocycles. The number of piperidine rings is 1. The van der Waals surface area contributed by atoms with Crippen molar-refractivity contribution < 1.29 is 0 Å². The molecular formula is C16H32N2. The molecule has 18 heavy (non-hydrogen) atoms. The summed E-state index contributed by atoms with van der Waals surface area (Å²) in [6.07, 6.45) is 11.4. The van der Waals surface area contributed by atoms with Crippen LogP contribution in [0.15, 0.2) is 0 Å². The van der Waals surface area contributed by atoms with Gasteiger partial charge >= 0.3 is 0 Å². The molecule has 0 aromatic heterocycles. The Balaban J connectivity index is 1.79. The van der Waals surface area contributed by atoms with Crippen molar-refractivity contribution in [3.63, 3.8) is 0 Å². The molecule has 106 valence electrons. The number of likely N-dealkylation sites (tertiary alicyclic amines) is 1. The van der Waals surface area contributed by atoms with Crippen LogP contribution in [0.4, 0.5) is 0 Å². The summed E-state index contributed by atoms with van der Waals surface area (Å²) in [6, 6.07) is 1.68. The van der Waals surface area contributed by atoms with E-state index < -0.39 is 0 Å². The van der Waals surface area contributed by atoms with E-state index in [1.165, 1.54) is 71.0 Å². The van der Waals surface area contributed by atoms with Gasteiger partial charge < -0.3 is 10.2 Å². The van der Waals surface area contributed by atoms with Crippen LogP contribution >= 0.6 is 0 Å². The number of hydrogen-bond donors (Lipinski definition) is 1.